The number of amides is 2. The van der Waals surface area contributed by atoms with Crippen molar-refractivity contribution in [1.82, 2.24) is 19.5 Å². The van der Waals surface area contributed by atoms with Crippen molar-refractivity contribution in [3.05, 3.63) is 46.6 Å². The van der Waals surface area contributed by atoms with E-state index in [4.69, 9.17) is 16.1 Å². The molecule has 1 aliphatic rings. The number of nitrogens with one attached hydrogen (secondary N) is 3. The Bertz CT molecular complexity index is 1080. The van der Waals surface area contributed by atoms with Crippen molar-refractivity contribution in [2.45, 2.75) is 32.0 Å². The maximum atomic E-state index is 13.3. The number of benzene rings is 1. The van der Waals surface area contributed by atoms with Crippen LogP contribution in [0.2, 0.25) is 5.02 Å². The summed E-state index contributed by atoms with van der Waals surface area (Å²) < 4.78 is 46.1. The summed E-state index contributed by atoms with van der Waals surface area (Å²) in [6.45, 7) is 1.73. The number of hydrogen-bond donors (Lipinski definition) is 3. The zero-order valence-corrected chi connectivity index (χ0v) is 17.6. The summed E-state index contributed by atoms with van der Waals surface area (Å²) in [5.41, 5.74) is 0.828. The Balaban J connectivity index is 1.70. The van der Waals surface area contributed by atoms with E-state index in [-0.39, 0.29) is 23.7 Å². The third-order valence-electron chi connectivity index (χ3n) is 4.49. The number of likely N-dealkylation sites (N-methyl/N-ethyl adjacent to an activating group) is 1. The lowest BCUT2D eigenvalue weighted by Gasteiger charge is -2.35. The molecule has 30 heavy (non-hydrogen) atoms. The van der Waals surface area contributed by atoms with Crippen LogP contribution in [0.15, 0.2) is 28.8 Å². The molecule has 0 saturated carbocycles. The van der Waals surface area contributed by atoms with Gasteiger partial charge in [0.2, 0.25) is 11.8 Å². The van der Waals surface area contributed by atoms with Crippen molar-refractivity contribution in [3.63, 3.8) is 0 Å². The minimum absolute atomic E-state index is 0.0126. The second-order valence-electron chi connectivity index (χ2n) is 6.71. The highest BCUT2D eigenvalue weighted by Crippen LogP contribution is 2.22. The van der Waals surface area contributed by atoms with Crippen LogP contribution in [0.3, 0.4) is 0 Å². The topological polar surface area (TPSA) is 134 Å². The van der Waals surface area contributed by atoms with Crippen LogP contribution < -0.4 is 15.4 Å². The molecule has 1 aromatic carbocycles. The summed E-state index contributed by atoms with van der Waals surface area (Å²) in [6, 6.07) is 2.84. The predicted molar refractivity (Wildman–Crippen MR) is 105 cm³/mol. The van der Waals surface area contributed by atoms with Crippen LogP contribution in [0.1, 0.15) is 17.9 Å². The Hall–Kier alpha value is -2.54. The maximum Gasteiger partial charge on any atom is 0.280 e. The molecule has 3 N–H and O–H groups in total. The van der Waals surface area contributed by atoms with Crippen molar-refractivity contribution < 1.29 is 26.9 Å². The number of carbonyl (C=O) groups excluding carboxylic acids is 2. The molecule has 2 amide bonds. The SMILES string of the molecule is Cc1cc(CNC(=O)C2CC(C(=O)Nc3ccc(F)c(Cl)c3)N(C)S(=O)(=O)N2)on1. The number of hydrogen-bond acceptors (Lipinski definition) is 6. The molecule has 0 aliphatic carbocycles. The molecule has 162 valence electrons. The van der Waals surface area contributed by atoms with Gasteiger partial charge in [-0.3, -0.25) is 9.59 Å². The van der Waals surface area contributed by atoms with Crippen LogP contribution in [-0.2, 0) is 26.3 Å². The van der Waals surface area contributed by atoms with Crippen molar-refractivity contribution >= 4 is 39.3 Å². The van der Waals surface area contributed by atoms with E-state index in [1.165, 1.54) is 19.2 Å². The summed E-state index contributed by atoms with van der Waals surface area (Å²) in [5, 5.41) is 8.54. The van der Waals surface area contributed by atoms with E-state index in [2.05, 4.69) is 20.5 Å². The highest BCUT2D eigenvalue weighted by molar-refractivity contribution is 7.87. The third kappa shape index (κ3) is 4.95. The highest BCUT2D eigenvalue weighted by atomic mass is 35.5. The number of anilines is 1. The molecule has 1 aromatic heterocycles. The van der Waals surface area contributed by atoms with Crippen LogP contribution in [0.4, 0.5) is 10.1 Å². The van der Waals surface area contributed by atoms with Gasteiger partial charge in [0.25, 0.3) is 10.2 Å². The van der Waals surface area contributed by atoms with Gasteiger partial charge in [-0.15, -0.1) is 0 Å². The van der Waals surface area contributed by atoms with Crippen molar-refractivity contribution in [2.24, 2.45) is 0 Å². The molecule has 1 saturated heterocycles. The van der Waals surface area contributed by atoms with Gasteiger partial charge in [0, 0.05) is 18.8 Å². The Labute approximate surface area is 176 Å². The number of carbonyl (C=O) groups is 2. The lowest BCUT2D eigenvalue weighted by atomic mass is 10.1. The normalized spacial score (nSPS) is 21.2. The van der Waals surface area contributed by atoms with Crippen molar-refractivity contribution in [2.75, 3.05) is 12.4 Å². The molecular weight excluding hydrogens is 441 g/mol. The fourth-order valence-corrected chi connectivity index (χ4v) is 4.31. The Kier molecular flexibility index (Phi) is 6.41. The number of nitrogens with zero attached hydrogens (tertiary/aromatic N) is 2. The Morgan fingerprint density at radius 1 is 1.37 bits per heavy atom. The summed E-state index contributed by atoms with van der Waals surface area (Å²) in [5.74, 6) is -1.56. The third-order valence-corrected chi connectivity index (χ3v) is 6.37. The molecular formula is C17H19ClFN5O5S. The molecule has 0 radical (unpaired) electrons. The van der Waals surface area contributed by atoms with Gasteiger partial charge in [-0.2, -0.15) is 17.4 Å². The van der Waals surface area contributed by atoms with Crippen LogP contribution in [0, 0.1) is 12.7 Å². The first kappa shape index (κ1) is 22.2. The molecule has 1 aliphatic heterocycles. The van der Waals surface area contributed by atoms with Gasteiger partial charge in [0.05, 0.1) is 17.3 Å². The Morgan fingerprint density at radius 2 is 2.10 bits per heavy atom. The van der Waals surface area contributed by atoms with Crippen LogP contribution in [0.25, 0.3) is 0 Å². The molecule has 2 unspecified atom stereocenters. The molecule has 0 spiro atoms. The maximum absolute atomic E-state index is 13.3. The van der Waals surface area contributed by atoms with E-state index < -0.39 is 39.9 Å². The van der Waals surface area contributed by atoms with E-state index in [1.54, 1.807) is 13.0 Å². The van der Waals surface area contributed by atoms with E-state index in [9.17, 15) is 22.4 Å². The van der Waals surface area contributed by atoms with Gasteiger partial charge in [-0.25, -0.2) is 4.39 Å². The van der Waals surface area contributed by atoms with Gasteiger partial charge in [-0.05, 0) is 31.5 Å². The number of aryl methyl sites for hydroxylation is 1. The van der Waals surface area contributed by atoms with Crippen LogP contribution in [-0.4, -0.2) is 48.8 Å². The van der Waals surface area contributed by atoms with Crippen molar-refractivity contribution in [1.29, 1.82) is 0 Å². The summed E-state index contributed by atoms with van der Waals surface area (Å²) in [6.07, 6.45) is -0.127. The lowest BCUT2D eigenvalue weighted by molar-refractivity contribution is -0.125. The van der Waals surface area contributed by atoms with E-state index in [0.29, 0.717) is 11.5 Å². The first-order valence-corrected chi connectivity index (χ1v) is 10.6. The largest absolute Gasteiger partial charge is 0.359 e. The van der Waals surface area contributed by atoms with E-state index in [0.717, 1.165) is 10.4 Å². The lowest BCUT2D eigenvalue weighted by Crippen LogP contribution is -2.62. The van der Waals surface area contributed by atoms with E-state index in [1.807, 2.05) is 0 Å². The first-order chi connectivity index (χ1) is 14.1. The van der Waals surface area contributed by atoms with Gasteiger partial charge >= 0.3 is 0 Å². The molecule has 2 aromatic rings. The highest BCUT2D eigenvalue weighted by Gasteiger charge is 2.42. The molecule has 0 bridgehead atoms. The summed E-state index contributed by atoms with van der Waals surface area (Å²) in [7, 11) is -2.88. The smallest absolute Gasteiger partial charge is 0.280 e. The fraction of sp³-hybridized carbons (Fsp3) is 0.353. The fourth-order valence-electron chi connectivity index (χ4n) is 2.88. The van der Waals surface area contributed by atoms with Gasteiger partial charge in [-0.1, -0.05) is 16.8 Å². The monoisotopic (exact) mass is 459 g/mol. The van der Waals surface area contributed by atoms with Crippen LogP contribution in [0.5, 0.6) is 0 Å². The molecule has 2 heterocycles. The average molecular weight is 460 g/mol. The summed E-state index contributed by atoms with van der Waals surface area (Å²) >= 11 is 5.70. The minimum atomic E-state index is -4.10. The quantitative estimate of drug-likeness (QED) is 0.609. The van der Waals surface area contributed by atoms with Gasteiger partial charge in [0.1, 0.15) is 17.9 Å². The predicted octanol–water partition coefficient (Wildman–Crippen LogP) is 0.938. The molecule has 13 heteroatoms. The molecule has 1 fully saturated rings. The second-order valence-corrected chi connectivity index (χ2v) is 8.88. The first-order valence-electron chi connectivity index (χ1n) is 8.78. The summed E-state index contributed by atoms with van der Waals surface area (Å²) in [4.78, 5) is 25.1. The average Bonchev–Trinajstić information content (AvgIpc) is 3.10. The zero-order valence-electron chi connectivity index (χ0n) is 16.0. The van der Waals surface area contributed by atoms with E-state index >= 15 is 0 Å². The molecule has 3 rings (SSSR count). The Morgan fingerprint density at radius 3 is 2.73 bits per heavy atom. The molecule has 2 atom stereocenters. The second kappa shape index (κ2) is 8.68. The number of aromatic nitrogens is 1. The minimum Gasteiger partial charge on any atom is -0.359 e. The van der Waals surface area contributed by atoms with Crippen molar-refractivity contribution in [3.8, 4) is 0 Å². The van der Waals surface area contributed by atoms with Gasteiger partial charge in [0.15, 0.2) is 5.76 Å². The van der Waals surface area contributed by atoms with Gasteiger partial charge < -0.3 is 15.2 Å². The number of rotatable bonds is 5. The molecule has 10 nitrogen and oxygen atoms in total. The number of halogens is 2. The standard InChI is InChI=1S/C17H19ClFN5O5S/c1-9-5-11(29-22-9)8-20-16(25)14-7-15(24(2)30(27,28)23-14)17(26)21-10-3-4-13(19)12(18)6-10/h3-6,14-15,23H,7-8H2,1-2H3,(H,20,25)(H,21,26). The van der Waals surface area contributed by atoms with Crippen LogP contribution >= 0.6 is 11.6 Å². The zero-order chi connectivity index (χ0) is 22.1.